The molecule has 0 aliphatic carbocycles. The van der Waals surface area contributed by atoms with E-state index in [1.165, 1.54) is 0 Å². The fraction of sp³-hybridized carbons (Fsp3) is 0.286. The predicted octanol–water partition coefficient (Wildman–Crippen LogP) is 2.97. The molecule has 1 aromatic heterocycles. The fourth-order valence-corrected chi connectivity index (χ4v) is 1.96. The lowest BCUT2D eigenvalue weighted by Crippen LogP contribution is -2.38. The van der Waals surface area contributed by atoms with Crippen LogP contribution in [0, 0.1) is 0 Å². The number of carbonyl (C=O) groups excluding carboxylic acids is 1. The summed E-state index contributed by atoms with van der Waals surface area (Å²) >= 11 is 5.85. The van der Waals surface area contributed by atoms with Gasteiger partial charge in [0.1, 0.15) is 0 Å². The van der Waals surface area contributed by atoms with E-state index in [2.05, 4.69) is 15.5 Å². The van der Waals surface area contributed by atoms with Crippen molar-refractivity contribution in [2.45, 2.75) is 19.5 Å². The molecule has 0 radical (unpaired) electrons. The lowest BCUT2D eigenvalue weighted by molar-refractivity contribution is 0.203. The Morgan fingerprint density at radius 1 is 1.40 bits per heavy atom. The second-order valence-corrected chi connectivity index (χ2v) is 5.10. The largest absolute Gasteiger partial charge is 0.331 e. The summed E-state index contributed by atoms with van der Waals surface area (Å²) in [7, 11) is 1.74. The van der Waals surface area contributed by atoms with Gasteiger partial charge < -0.3 is 10.2 Å². The van der Waals surface area contributed by atoms with Crippen LogP contribution in [0.25, 0.3) is 0 Å². The second-order valence-electron chi connectivity index (χ2n) is 4.66. The number of amides is 2. The SMILES string of the molecule is C[C@H](NC(=O)N(C)Cc1ccn[nH]1)c1ccc(Cl)cc1. The van der Waals surface area contributed by atoms with E-state index < -0.39 is 0 Å². The zero-order valence-corrected chi connectivity index (χ0v) is 12.2. The van der Waals surface area contributed by atoms with E-state index >= 15 is 0 Å². The number of urea groups is 1. The molecular weight excluding hydrogens is 276 g/mol. The Labute approximate surface area is 122 Å². The van der Waals surface area contributed by atoms with Gasteiger partial charge >= 0.3 is 6.03 Å². The summed E-state index contributed by atoms with van der Waals surface area (Å²) in [6, 6.07) is 9.06. The van der Waals surface area contributed by atoms with Crippen LogP contribution in [0.5, 0.6) is 0 Å². The zero-order chi connectivity index (χ0) is 14.5. The van der Waals surface area contributed by atoms with Crippen molar-refractivity contribution in [1.82, 2.24) is 20.4 Å². The average Bonchev–Trinajstić information content (AvgIpc) is 2.92. The zero-order valence-electron chi connectivity index (χ0n) is 11.4. The van der Waals surface area contributed by atoms with Gasteiger partial charge in [0.15, 0.2) is 0 Å². The Morgan fingerprint density at radius 3 is 2.70 bits per heavy atom. The van der Waals surface area contributed by atoms with Crippen molar-refractivity contribution in [2.75, 3.05) is 7.05 Å². The Balaban J connectivity index is 1.91. The number of halogens is 1. The quantitative estimate of drug-likeness (QED) is 0.910. The number of nitrogens with one attached hydrogen (secondary N) is 2. The van der Waals surface area contributed by atoms with Gasteiger partial charge in [0, 0.05) is 18.3 Å². The molecule has 0 bridgehead atoms. The topological polar surface area (TPSA) is 61.0 Å². The summed E-state index contributed by atoms with van der Waals surface area (Å²) in [4.78, 5) is 13.7. The van der Waals surface area contributed by atoms with Crippen molar-refractivity contribution in [1.29, 1.82) is 0 Å². The van der Waals surface area contributed by atoms with E-state index in [0.29, 0.717) is 11.6 Å². The molecule has 20 heavy (non-hydrogen) atoms. The Bertz CT molecular complexity index is 553. The molecule has 5 nitrogen and oxygen atoms in total. The molecule has 0 saturated heterocycles. The third-order valence-corrected chi connectivity index (χ3v) is 3.27. The molecular formula is C14H17ClN4O. The minimum absolute atomic E-state index is 0.0796. The summed E-state index contributed by atoms with van der Waals surface area (Å²) < 4.78 is 0. The Kier molecular flexibility index (Phi) is 4.63. The maximum Gasteiger partial charge on any atom is 0.317 e. The molecule has 6 heteroatoms. The van der Waals surface area contributed by atoms with E-state index in [1.807, 2.05) is 37.3 Å². The van der Waals surface area contributed by atoms with Crippen LogP contribution in [-0.4, -0.2) is 28.2 Å². The summed E-state index contributed by atoms with van der Waals surface area (Å²) in [5.41, 5.74) is 1.90. The Hall–Kier alpha value is -2.01. The first kappa shape index (κ1) is 14.4. The number of H-pyrrole nitrogens is 1. The average molecular weight is 293 g/mol. The number of hydrogen-bond acceptors (Lipinski definition) is 2. The molecule has 0 aliphatic rings. The maximum absolute atomic E-state index is 12.1. The first-order valence-electron chi connectivity index (χ1n) is 6.31. The van der Waals surface area contributed by atoms with E-state index in [9.17, 15) is 4.79 Å². The molecule has 1 heterocycles. The van der Waals surface area contributed by atoms with E-state index in [-0.39, 0.29) is 12.1 Å². The minimum Gasteiger partial charge on any atom is -0.331 e. The summed E-state index contributed by atoms with van der Waals surface area (Å²) in [6.07, 6.45) is 1.66. The number of hydrogen-bond donors (Lipinski definition) is 2. The number of aromatic nitrogens is 2. The predicted molar refractivity (Wildman–Crippen MR) is 78.5 cm³/mol. The maximum atomic E-state index is 12.1. The van der Waals surface area contributed by atoms with E-state index in [0.717, 1.165) is 11.3 Å². The molecule has 0 unspecified atom stereocenters. The van der Waals surface area contributed by atoms with E-state index in [1.54, 1.807) is 18.1 Å². The molecule has 1 atom stereocenters. The first-order chi connectivity index (χ1) is 9.56. The third-order valence-electron chi connectivity index (χ3n) is 3.02. The van der Waals surface area contributed by atoms with Gasteiger partial charge in [-0.15, -0.1) is 0 Å². The monoisotopic (exact) mass is 292 g/mol. The number of rotatable bonds is 4. The highest BCUT2D eigenvalue weighted by atomic mass is 35.5. The van der Waals surface area contributed by atoms with Gasteiger partial charge in [0.25, 0.3) is 0 Å². The highest BCUT2D eigenvalue weighted by Crippen LogP contribution is 2.16. The van der Waals surface area contributed by atoms with Crippen LogP contribution in [0.3, 0.4) is 0 Å². The van der Waals surface area contributed by atoms with Crippen molar-refractivity contribution in [3.05, 3.63) is 52.8 Å². The van der Waals surface area contributed by atoms with Gasteiger partial charge in [-0.2, -0.15) is 5.10 Å². The minimum atomic E-state index is -0.137. The Morgan fingerprint density at radius 2 is 2.10 bits per heavy atom. The molecule has 2 amide bonds. The van der Waals surface area contributed by atoms with Crippen LogP contribution in [-0.2, 0) is 6.54 Å². The highest BCUT2D eigenvalue weighted by molar-refractivity contribution is 6.30. The fourth-order valence-electron chi connectivity index (χ4n) is 1.83. The lowest BCUT2D eigenvalue weighted by atomic mass is 10.1. The van der Waals surface area contributed by atoms with E-state index in [4.69, 9.17) is 11.6 Å². The molecule has 0 aliphatic heterocycles. The molecule has 0 spiro atoms. The van der Waals surface area contributed by atoms with Crippen LogP contribution in [0.2, 0.25) is 5.02 Å². The van der Waals surface area contributed by atoms with Crippen molar-refractivity contribution in [2.24, 2.45) is 0 Å². The van der Waals surface area contributed by atoms with Gasteiger partial charge in [-0.25, -0.2) is 4.79 Å². The standard InChI is InChI=1S/C14H17ClN4O/c1-10(11-3-5-12(15)6-4-11)17-14(20)19(2)9-13-7-8-16-18-13/h3-8,10H,9H2,1-2H3,(H,16,18)(H,17,20)/t10-/m0/s1. The molecule has 1 aromatic carbocycles. The number of aromatic amines is 1. The summed E-state index contributed by atoms with van der Waals surface area (Å²) in [5.74, 6) is 0. The van der Waals surface area contributed by atoms with Crippen molar-refractivity contribution >= 4 is 17.6 Å². The van der Waals surface area contributed by atoms with Gasteiger partial charge in [-0.05, 0) is 30.7 Å². The molecule has 2 rings (SSSR count). The van der Waals surface area contributed by atoms with Crippen LogP contribution in [0.4, 0.5) is 4.79 Å². The second kappa shape index (κ2) is 6.43. The van der Waals surface area contributed by atoms with Gasteiger partial charge in [0.05, 0.1) is 18.3 Å². The number of benzene rings is 1. The smallest absolute Gasteiger partial charge is 0.317 e. The lowest BCUT2D eigenvalue weighted by Gasteiger charge is -2.21. The van der Waals surface area contributed by atoms with Gasteiger partial charge in [-0.3, -0.25) is 5.10 Å². The normalized spacial score (nSPS) is 11.9. The van der Waals surface area contributed by atoms with Crippen LogP contribution < -0.4 is 5.32 Å². The molecule has 2 aromatic rings. The van der Waals surface area contributed by atoms with Crippen molar-refractivity contribution in [3.63, 3.8) is 0 Å². The summed E-state index contributed by atoms with van der Waals surface area (Å²) in [5, 5.41) is 10.3. The highest BCUT2D eigenvalue weighted by Gasteiger charge is 2.13. The molecule has 0 fully saturated rings. The van der Waals surface area contributed by atoms with Gasteiger partial charge in [0.2, 0.25) is 0 Å². The van der Waals surface area contributed by atoms with Crippen molar-refractivity contribution in [3.8, 4) is 0 Å². The summed E-state index contributed by atoms with van der Waals surface area (Å²) in [6.45, 7) is 2.42. The van der Waals surface area contributed by atoms with Gasteiger partial charge in [-0.1, -0.05) is 23.7 Å². The molecule has 106 valence electrons. The molecule has 2 N–H and O–H groups in total. The third kappa shape index (κ3) is 3.74. The number of nitrogens with zero attached hydrogens (tertiary/aromatic N) is 2. The first-order valence-corrected chi connectivity index (χ1v) is 6.69. The molecule has 0 saturated carbocycles. The van der Waals surface area contributed by atoms with Crippen LogP contribution in [0.15, 0.2) is 36.5 Å². The number of carbonyl (C=O) groups is 1. The van der Waals surface area contributed by atoms with Crippen LogP contribution in [0.1, 0.15) is 24.2 Å². The van der Waals surface area contributed by atoms with Crippen molar-refractivity contribution < 1.29 is 4.79 Å². The van der Waals surface area contributed by atoms with Crippen LogP contribution >= 0.6 is 11.6 Å².